The largest absolute Gasteiger partial charge is 0.381 e. The molecule has 1 unspecified atom stereocenters. The van der Waals surface area contributed by atoms with Crippen molar-refractivity contribution in [3.05, 3.63) is 48.7 Å². The van der Waals surface area contributed by atoms with Crippen molar-refractivity contribution in [2.45, 2.75) is 18.8 Å². The fourth-order valence-electron chi connectivity index (χ4n) is 2.89. The SMILES string of the molecule is c1cncc(-n2c(C3CCCOC3)nc3cccnc32)c1. The first-order chi connectivity index (χ1) is 10.4. The van der Waals surface area contributed by atoms with Gasteiger partial charge in [-0.15, -0.1) is 0 Å². The van der Waals surface area contributed by atoms with Crippen LogP contribution in [0.3, 0.4) is 0 Å². The minimum Gasteiger partial charge on any atom is -0.381 e. The second-order valence-electron chi connectivity index (χ2n) is 5.28. The molecule has 4 rings (SSSR count). The van der Waals surface area contributed by atoms with E-state index in [0.717, 1.165) is 48.7 Å². The Bertz CT molecular complexity index is 747. The quantitative estimate of drug-likeness (QED) is 0.724. The van der Waals surface area contributed by atoms with Gasteiger partial charge in [0.05, 0.1) is 18.5 Å². The molecule has 3 aromatic heterocycles. The number of hydrogen-bond donors (Lipinski definition) is 0. The highest BCUT2D eigenvalue weighted by Crippen LogP contribution is 2.29. The maximum atomic E-state index is 5.63. The summed E-state index contributed by atoms with van der Waals surface area (Å²) in [7, 11) is 0. The van der Waals surface area contributed by atoms with Crippen LogP contribution >= 0.6 is 0 Å². The molecule has 3 aromatic rings. The molecular formula is C16H16N4O. The summed E-state index contributed by atoms with van der Waals surface area (Å²) in [5.41, 5.74) is 2.80. The van der Waals surface area contributed by atoms with Gasteiger partial charge in [-0.05, 0) is 37.1 Å². The van der Waals surface area contributed by atoms with Gasteiger partial charge in [0.1, 0.15) is 11.3 Å². The average Bonchev–Trinajstić information content (AvgIpc) is 2.96. The van der Waals surface area contributed by atoms with E-state index >= 15 is 0 Å². The Kier molecular flexibility index (Phi) is 3.12. The van der Waals surface area contributed by atoms with Gasteiger partial charge in [0, 0.05) is 24.9 Å². The number of fused-ring (bicyclic) bond motifs is 1. The van der Waals surface area contributed by atoms with Crippen molar-refractivity contribution in [2.75, 3.05) is 13.2 Å². The Morgan fingerprint density at radius 1 is 1.19 bits per heavy atom. The van der Waals surface area contributed by atoms with Gasteiger partial charge in [0.15, 0.2) is 5.65 Å². The Morgan fingerprint density at radius 2 is 2.14 bits per heavy atom. The Balaban J connectivity index is 1.92. The van der Waals surface area contributed by atoms with Crippen LogP contribution in [-0.2, 0) is 4.74 Å². The van der Waals surface area contributed by atoms with Crippen LogP contribution in [0.4, 0.5) is 0 Å². The van der Waals surface area contributed by atoms with E-state index in [4.69, 9.17) is 9.72 Å². The van der Waals surface area contributed by atoms with E-state index in [2.05, 4.69) is 14.5 Å². The summed E-state index contributed by atoms with van der Waals surface area (Å²) in [6.07, 6.45) is 7.61. The molecule has 5 nitrogen and oxygen atoms in total. The molecule has 4 heterocycles. The van der Waals surface area contributed by atoms with E-state index in [-0.39, 0.29) is 0 Å². The molecule has 0 bridgehead atoms. The van der Waals surface area contributed by atoms with Crippen molar-refractivity contribution in [3.8, 4) is 5.69 Å². The Labute approximate surface area is 122 Å². The van der Waals surface area contributed by atoms with Crippen LogP contribution in [0.25, 0.3) is 16.9 Å². The van der Waals surface area contributed by atoms with Crippen molar-refractivity contribution in [1.29, 1.82) is 0 Å². The number of nitrogens with zero attached hydrogens (tertiary/aromatic N) is 4. The minimum absolute atomic E-state index is 0.313. The van der Waals surface area contributed by atoms with Gasteiger partial charge >= 0.3 is 0 Å². The van der Waals surface area contributed by atoms with Crippen molar-refractivity contribution in [2.24, 2.45) is 0 Å². The van der Waals surface area contributed by atoms with Crippen molar-refractivity contribution >= 4 is 11.2 Å². The van der Waals surface area contributed by atoms with Crippen LogP contribution in [0.2, 0.25) is 0 Å². The van der Waals surface area contributed by atoms with Gasteiger partial charge in [0.25, 0.3) is 0 Å². The fraction of sp³-hybridized carbons (Fsp3) is 0.312. The summed E-state index contributed by atoms with van der Waals surface area (Å²) < 4.78 is 7.75. The molecule has 21 heavy (non-hydrogen) atoms. The third kappa shape index (κ3) is 2.19. The lowest BCUT2D eigenvalue weighted by Gasteiger charge is -2.22. The molecule has 5 heteroatoms. The van der Waals surface area contributed by atoms with Crippen LogP contribution in [0.1, 0.15) is 24.6 Å². The zero-order valence-corrected chi connectivity index (χ0v) is 11.6. The van der Waals surface area contributed by atoms with Crippen LogP contribution in [-0.4, -0.2) is 32.7 Å². The number of pyridine rings is 2. The lowest BCUT2D eigenvalue weighted by Crippen LogP contribution is -2.19. The minimum atomic E-state index is 0.313. The second-order valence-corrected chi connectivity index (χ2v) is 5.28. The molecule has 0 spiro atoms. The van der Waals surface area contributed by atoms with Gasteiger partial charge in [-0.3, -0.25) is 9.55 Å². The average molecular weight is 280 g/mol. The van der Waals surface area contributed by atoms with Crippen LogP contribution in [0.5, 0.6) is 0 Å². The summed E-state index contributed by atoms with van der Waals surface area (Å²) in [5, 5.41) is 0. The maximum absolute atomic E-state index is 5.63. The standard InChI is InChI=1S/C16H16N4O/c1-5-13(10-17-7-1)20-15(12-4-3-9-21-11-12)19-14-6-2-8-18-16(14)20/h1-2,5-8,10,12H,3-4,9,11H2. The smallest absolute Gasteiger partial charge is 0.164 e. The van der Waals surface area contributed by atoms with Crippen LogP contribution in [0.15, 0.2) is 42.9 Å². The normalized spacial score (nSPS) is 19.0. The first kappa shape index (κ1) is 12.5. The van der Waals surface area contributed by atoms with Crippen LogP contribution < -0.4 is 0 Å². The van der Waals surface area contributed by atoms with E-state index in [0.29, 0.717) is 5.92 Å². The van der Waals surface area contributed by atoms with Crippen LogP contribution in [0, 0.1) is 0 Å². The number of aromatic nitrogens is 4. The fourth-order valence-corrected chi connectivity index (χ4v) is 2.89. The molecule has 0 aliphatic carbocycles. The maximum Gasteiger partial charge on any atom is 0.164 e. The third-order valence-corrected chi connectivity index (χ3v) is 3.87. The lowest BCUT2D eigenvalue weighted by atomic mass is 10.0. The number of imidazole rings is 1. The summed E-state index contributed by atoms with van der Waals surface area (Å²) in [6, 6.07) is 7.90. The van der Waals surface area contributed by atoms with E-state index in [9.17, 15) is 0 Å². The zero-order chi connectivity index (χ0) is 14.1. The Hall–Kier alpha value is -2.27. The van der Waals surface area contributed by atoms with E-state index < -0.39 is 0 Å². The molecule has 1 saturated heterocycles. The van der Waals surface area contributed by atoms with Gasteiger partial charge in [-0.25, -0.2) is 9.97 Å². The first-order valence-electron chi connectivity index (χ1n) is 7.25. The first-order valence-corrected chi connectivity index (χ1v) is 7.25. The molecule has 1 aliphatic heterocycles. The predicted molar refractivity (Wildman–Crippen MR) is 79.5 cm³/mol. The van der Waals surface area contributed by atoms with Crippen molar-refractivity contribution in [3.63, 3.8) is 0 Å². The molecule has 0 amide bonds. The topological polar surface area (TPSA) is 52.8 Å². The predicted octanol–water partition coefficient (Wildman–Crippen LogP) is 2.71. The summed E-state index contributed by atoms with van der Waals surface area (Å²) >= 11 is 0. The molecule has 1 atom stereocenters. The molecular weight excluding hydrogens is 264 g/mol. The Morgan fingerprint density at radius 3 is 2.95 bits per heavy atom. The molecule has 0 aromatic carbocycles. The van der Waals surface area contributed by atoms with E-state index in [1.165, 1.54) is 0 Å². The molecule has 1 fully saturated rings. The van der Waals surface area contributed by atoms with E-state index in [1.807, 2.05) is 30.5 Å². The second kappa shape index (κ2) is 5.26. The molecule has 106 valence electrons. The summed E-state index contributed by atoms with van der Waals surface area (Å²) in [5.74, 6) is 1.34. The van der Waals surface area contributed by atoms with Gasteiger partial charge in [-0.2, -0.15) is 0 Å². The monoisotopic (exact) mass is 280 g/mol. The lowest BCUT2D eigenvalue weighted by molar-refractivity contribution is 0.0778. The van der Waals surface area contributed by atoms with Crippen molar-refractivity contribution < 1.29 is 4.74 Å². The molecule has 0 radical (unpaired) electrons. The van der Waals surface area contributed by atoms with E-state index in [1.54, 1.807) is 12.4 Å². The summed E-state index contributed by atoms with van der Waals surface area (Å²) in [6.45, 7) is 1.57. The number of rotatable bonds is 2. The number of ether oxygens (including phenoxy) is 1. The van der Waals surface area contributed by atoms with Crippen molar-refractivity contribution in [1.82, 2.24) is 19.5 Å². The molecule has 1 aliphatic rings. The third-order valence-electron chi connectivity index (χ3n) is 3.87. The highest BCUT2D eigenvalue weighted by molar-refractivity contribution is 5.73. The van der Waals surface area contributed by atoms with Gasteiger partial charge in [-0.1, -0.05) is 0 Å². The van der Waals surface area contributed by atoms with Gasteiger partial charge in [0.2, 0.25) is 0 Å². The highest BCUT2D eigenvalue weighted by atomic mass is 16.5. The molecule has 0 saturated carbocycles. The van der Waals surface area contributed by atoms with Gasteiger partial charge < -0.3 is 4.74 Å². The number of hydrogen-bond acceptors (Lipinski definition) is 4. The highest BCUT2D eigenvalue weighted by Gasteiger charge is 2.24. The molecule has 0 N–H and O–H groups in total. The summed E-state index contributed by atoms with van der Waals surface area (Å²) in [4.78, 5) is 13.5. The zero-order valence-electron chi connectivity index (χ0n) is 11.6.